The Hall–Kier alpha value is -2.13. The van der Waals surface area contributed by atoms with E-state index in [2.05, 4.69) is 16.0 Å². The van der Waals surface area contributed by atoms with E-state index in [-0.39, 0.29) is 11.7 Å². The second-order valence-corrected chi connectivity index (χ2v) is 7.11. The van der Waals surface area contributed by atoms with E-state index in [0.717, 1.165) is 48.0 Å². The number of carbonyl (C=O) groups is 1. The Morgan fingerprint density at radius 1 is 1.29 bits per heavy atom. The molecule has 1 aliphatic rings. The van der Waals surface area contributed by atoms with Crippen molar-refractivity contribution in [3.05, 3.63) is 30.6 Å². The van der Waals surface area contributed by atoms with Gasteiger partial charge in [-0.1, -0.05) is 49.2 Å². The summed E-state index contributed by atoms with van der Waals surface area (Å²) in [5, 5.41) is 11.4. The van der Waals surface area contributed by atoms with Gasteiger partial charge >= 0.3 is 0 Å². The van der Waals surface area contributed by atoms with E-state index in [1.165, 1.54) is 18.1 Å². The second kappa shape index (κ2) is 7.18. The molecule has 1 saturated carbocycles. The van der Waals surface area contributed by atoms with E-state index in [0.29, 0.717) is 0 Å². The van der Waals surface area contributed by atoms with Crippen molar-refractivity contribution in [2.24, 2.45) is 0 Å². The maximum absolute atomic E-state index is 12.6. The predicted octanol–water partition coefficient (Wildman–Crippen LogP) is 3.41. The lowest BCUT2D eigenvalue weighted by atomic mass is 9.81. The van der Waals surface area contributed by atoms with E-state index in [4.69, 9.17) is 0 Å². The fourth-order valence-electron chi connectivity index (χ4n) is 3.22. The number of hydrogen-bond donors (Lipinski definition) is 0. The SMILES string of the molecule is CN(C(=O)CSc1ncnc2ccccc12)C1(C#N)CCCCC1. The highest BCUT2D eigenvalue weighted by Gasteiger charge is 2.38. The van der Waals surface area contributed by atoms with Crippen LogP contribution in [0.3, 0.4) is 0 Å². The zero-order chi connectivity index (χ0) is 17.0. The highest BCUT2D eigenvalue weighted by Crippen LogP contribution is 2.33. The number of rotatable bonds is 4. The van der Waals surface area contributed by atoms with E-state index in [9.17, 15) is 10.1 Å². The molecule has 0 N–H and O–H groups in total. The fraction of sp³-hybridized carbons (Fsp3) is 0.444. The minimum absolute atomic E-state index is 0.0221. The molecule has 0 saturated heterocycles. The molecule has 24 heavy (non-hydrogen) atoms. The van der Waals surface area contributed by atoms with Crippen molar-refractivity contribution < 1.29 is 4.79 Å². The Labute approximate surface area is 146 Å². The summed E-state index contributed by atoms with van der Waals surface area (Å²) in [7, 11) is 1.76. The number of nitrogens with zero attached hydrogens (tertiary/aromatic N) is 4. The van der Waals surface area contributed by atoms with Crippen molar-refractivity contribution in [1.29, 1.82) is 5.26 Å². The lowest BCUT2D eigenvalue weighted by molar-refractivity contribution is -0.131. The normalized spacial score (nSPS) is 16.5. The van der Waals surface area contributed by atoms with Crippen LogP contribution in [0.1, 0.15) is 32.1 Å². The summed E-state index contributed by atoms with van der Waals surface area (Å²) in [5.74, 6) is 0.257. The van der Waals surface area contributed by atoms with Gasteiger partial charge < -0.3 is 4.90 Å². The highest BCUT2D eigenvalue weighted by molar-refractivity contribution is 8.00. The molecule has 6 heteroatoms. The zero-order valence-corrected chi connectivity index (χ0v) is 14.6. The summed E-state index contributed by atoms with van der Waals surface area (Å²) in [5.41, 5.74) is 0.237. The average molecular weight is 340 g/mol. The molecule has 0 spiro atoms. The number of fused-ring (bicyclic) bond motifs is 1. The van der Waals surface area contributed by atoms with Crippen LogP contribution in [0.25, 0.3) is 10.9 Å². The summed E-state index contributed by atoms with van der Waals surface area (Å²) in [4.78, 5) is 22.8. The molecule has 2 aromatic rings. The number of para-hydroxylation sites is 1. The molecule has 0 unspecified atom stereocenters. The van der Waals surface area contributed by atoms with Crippen molar-refractivity contribution in [3.8, 4) is 6.07 Å². The molecule has 1 heterocycles. The van der Waals surface area contributed by atoms with Crippen LogP contribution in [0.2, 0.25) is 0 Å². The first-order chi connectivity index (χ1) is 11.7. The fourth-order valence-corrected chi connectivity index (χ4v) is 4.12. The van der Waals surface area contributed by atoms with E-state index < -0.39 is 5.54 Å². The van der Waals surface area contributed by atoms with Crippen LogP contribution in [0, 0.1) is 11.3 Å². The molecular weight excluding hydrogens is 320 g/mol. The first kappa shape index (κ1) is 16.7. The molecular formula is C18H20N4OS. The van der Waals surface area contributed by atoms with Crippen LogP contribution in [0.15, 0.2) is 35.6 Å². The highest BCUT2D eigenvalue weighted by atomic mass is 32.2. The van der Waals surface area contributed by atoms with Gasteiger partial charge in [-0.05, 0) is 18.9 Å². The second-order valence-electron chi connectivity index (χ2n) is 6.14. The Morgan fingerprint density at radius 2 is 2.04 bits per heavy atom. The van der Waals surface area contributed by atoms with Crippen LogP contribution in [-0.2, 0) is 4.79 Å². The van der Waals surface area contributed by atoms with Gasteiger partial charge in [-0.15, -0.1) is 0 Å². The molecule has 124 valence electrons. The monoisotopic (exact) mass is 340 g/mol. The van der Waals surface area contributed by atoms with E-state index in [1.807, 2.05) is 24.3 Å². The van der Waals surface area contributed by atoms with E-state index in [1.54, 1.807) is 11.9 Å². The lowest BCUT2D eigenvalue weighted by Crippen LogP contribution is -2.50. The Morgan fingerprint density at radius 3 is 2.79 bits per heavy atom. The molecule has 0 atom stereocenters. The number of aromatic nitrogens is 2. The molecule has 0 aliphatic heterocycles. The van der Waals surface area contributed by atoms with Gasteiger partial charge in [-0.25, -0.2) is 9.97 Å². The van der Waals surface area contributed by atoms with Crippen molar-refractivity contribution >= 4 is 28.6 Å². The van der Waals surface area contributed by atoms with Crippen molar-refractivity contribution in [2.45, 2.75) is 42.7 Å². The van der Waals surface area contributed by atoms with Gasteiger partial charge in [0.25, 0.3) is 0 Å². The van der Waals surface area contributed by atoms with Gasteiger partial charge in [0.05, 0.1) is 17.3 Å². The molecule has 3 rings (SSSR count). The average Bonchev–Trinajstić information content (AvgIpc) is 2.66. The van der Waals surface area contributed by atoms with Gasteiger partial charge in [-0.3, -0.25) is 4.79 Å². The Bertz CT molecular complexity index is 775. The molecule has 1 aromatic heterocycles. The molecule has 5 nitrogen and oxygen atoms in total. The van der Waals surface area contributed by atoms with Crippen LogP contribution in [-0.4, -0.2) is 39.1 Å². The Kier molecular flexibility index (Phi) is 5.00. The number of benzene rings is 1. The topological polar surface area (TPSA) is 69.9 Å². The van der Waals surface area contributed by atoms with Crippen molar-refractivity contribution in [3.63, 3.8) is 0 Å². The van der Waals surface area contributed by atoms with Gasteiger partial charge in [0.2, 0.25) is 5.91 Å². The molecule has 1 aromatic carbocycles. The van der Waals surface area contributed by atoms with Gasteiger partial charge in [0.15, 0.2) is 0 Å². The van der Waals surface area contributed by atoms with Crippen molar-refractivity contribution in [2.75, 3.05) is 12.8 Å². The maximum atomic E-state index is 12.6. The molecule has 0 bridgehead atoms. The molecule has 0 radical (unpaired) electrons. The third-order valence-electron chi connectivity index (χ3n) is 4.74. The van der Waals surface area contributed by atoms with Crippen LogP contribution in [0.5, 0.6) is 0 Å². The summed E-state index contributed by atoms with van der Waals surface area (Å²) >= 11 is 1.41. The summed E-state index contributed by atoms with van der Waals surface area (Å²) in [6.45, 7) is 0. The summed E-state index contributed by atoms with van der Waals surface area (Å²) in [6, 6.07) is 10.2. The smallest absolute Gasteiger partial charge is 0.234 e. The number of nitriles is 1. The first-order valence-corrected chi connectivity index (χ1v) is 9.15. The molecule has 1 aliphatic carbocycles. The minimum atomic E-state index is -0.635. The number of carbonyl (C=O) groups excluding carboxylic acids is 1. The molecule has 1 amide bonds. The van der Waals surface area contributed by atoms with Crippen LogP contribution >= 0.6 is 11.8 Å². The number of thioether (sulfide) groups is 1. The third-order valence-corrected chi connectivity index (χ3v) is 5.73. The first-order valence-electron chi connectivity index (χ1n) is 8.17. The number of amides is 1. The van der Waals surface area contributed by atoms with Gasteiger partial charge in [0.1, 0.15) is 16.9 Å². The molecule has 1 fully saturated rings. The summed E-state index contributed by atoms with van der Waals surface area (Å²) < 4.78 is 0. The Balaban J connectivity index is 1.71. The zero-order valence-electron chi connectivity index (χ0n) is 13.7. The van der Waals surface area contributed by atoms with Crippen LogP contribution in [0.4, 0.5) is 0 Å². The predicted molar refractivity (Wildman–Crippen MR) is 94.5 cm³/mol. The largest absolute Gasteiger partial charge is 0.326 e. The minimum Gasteiger partial charge on any atom is -0.326 e. The maximum Gasteiger partial charge on any atom is 0.234 e. The lowest BCUT2D eigenvalue weighted by Gasteiger charge is -2.39. The van der Waals surface area contributed by atoms with Crippen LogP contribution < -0.4 is 0 Å². The van der Waals surface area contributed by atoms with Gasteiger partial charge in [0, 0.05) is 12.4 Å². The van der Waals surface area contributed by atoms with Crippen molar-refractivity contribution in [1.82, 2.24) is 14.9 Å². The standard InChI is InChI=1S/C18H20N4OS/c1-22(18(12-19)9-5-2-6-10-18)16(23)11-24-17-14-7-3-4-8-15(14)20-13-21-17/h3-4,7-8,13H,2,5-6,9-11H2,1H3. The van der Waals surface area contributed by atoms with Gasteiger partial charge in [-0.2, -0.15) is 5.26 Å². The summed E-state index contributed by atoms with van der Waals surface area (Å²) in [6.07, 6.45) is 6.23. The third kappa shape index (κ3) is 3.22. The van der Waals surface area contributed by atoms with E-state index >= 15 is 0 Å². The number of hydrogen-bond acceptors (Lipinski definition) is 5. The quantitative estimate of drug-likeness (QED) is 0.630.